The van der Waals surface area contributed by atoms with Crippen LogP contribution >= 0.6 is 0 Å². The van der Waals surface area contributed by atoms with Gasteiger partial charge in [0.15, 0.2) is 6.04 Å². The molecule has 0 aliphatic rings. The molecule has 0 heterocycles. The molecule has 7 heteroatoms. The summed E-state index contributed by atoms with van der Waals surface area (Å²) in [7, 11) is 1.26. The van der Waals surface area contributed by atoms with Crippen LogP contribution in [0.5, 0.6) is 0 Å². The Hall–Kier alpha value is -2.41. The van der Waals surface area contributed by atoms with E-state index in [0.717, 1.165) is 4.90 Å². The Morgan fingerprint density at radius 1 is 1.21 bits per heavy atom. The molecule has 7 nitrogen and oxygen atoms in total. The molecule has 0 aliphatic carbocycles. The predicted molar refractivity (Wildman–Crippen MR) is 66.8 cm³/mol. The van der Waals surface area contributed by atoms with E-state index in [4.69, 9.17) is 10.2 Å². The number of benzene rings is 1. The van der Waals surface area contributed by atoms with Crippen molar-refractivity contribution in [1.29, 1.82) is 0 Å². The number of para-hydroxylation sites is 1. The van der Waals surface area contributed by atoms with Crippen LogP contribution < -0.4 is 5.32 Å². The van der Waals surface area contributed by atoms with Gasteiger partial charge in [-0.25, -0.2) is 4.79 Å². The van der Waals surface area contributed by atoms with Crippen molar-refractivity contribution < 1.29 is 24.6 Å². The lowest BCUT2D eigenvalue weighted by molar-refractivity contribution is -0.148. The fraction of sp³-hybridized carbons (Fsp3) is 0.250. The highest BCUT2D eigenvalue weighted by atomic mass is 16.4. The summed E-state index contributed by atoms with van der Waals surface area (Å²) in [4.78, 5) is 34.4. The molecule has 102 valence electrons. The first-order valence-electron chi connectivity index (χ1n) is 5.42. The number of nitrogens with one attached hydrogen (secondary N) is 1. The Kier molecular flexibility index (Phi) is 5.01. The lowest BCUT2D eigenvalue weighted by Gasteiger charge is -2.21. The molecule has 0 saturated carbocycles. The maximum Gasteiger partial charge on any atom is 0.330 e. The highest BCUT2D eigenvalue weighted by Gasteiger charge is 2.31. The number of nitrogens with zero attached hydrogens (tertiary/aromatic N) is 1. The van der Waals surface area contributed by atoms with Crippen LogP contribution in [-0.2, 0) is 14.4 Å². The second-order valence-electron chi connectivity index (χ2n) is 3.90. The second-order valence-corrected chi connectivity index (χ2v) is 3.90. The largest absolute Gasteiger partial charge is 0.480 e. The van der Waals surface area contributed by atoms with Crippen LogP contribution in [-0.4, -0.2) is 52.6 Å². The summed E-state index contributed by atoms with van der Waals surface area (Å²) in [6.07, 6.45) is 0. The Balaban J connectivity index is 2.79. The van der Waals surface area contributed by atoms with Crippen molar-refractivity contribution in [2.24, 2.45) is 0 Å². The third-order valence-electron chi connectivity index (χ3n) is 2.35. The highest BCUT2D eigenvalue weighted by molar-refractivity contribution is 6.07. The molecule has 1 atom stereocenters. The van der Waals surface area contributed by atoms with Gasteiger partial charge in [0, 0.05) is 5.69 Å². The van der Waals surface area contributed by atoms with E-state index in [-0.39, 0.29) is 0 Å². The molecule has 1 rings (SSSR count). The Labute approximate surface area is 109 Å². The van der Waals surface area contributed by atoms with Gasteiger partial charge in [-0.15, -0.1) is 0 Å². The average molecular weight is 266 g/mol. The molecule has 0 spiro atoms. The summed E-state index contributed by atoms with van der Waals surface area (Å²) in [5.41, 5.74) is 0.447. The van der Waals surface area contributed by atoms with Crippen molar-refractivity contribution >= 4 is 23.5 Å². The van der Waals surface area contributed by atoms with Crippen LogP contribution in [0.15, 0.2) is 30.3 Å². The molecule has 19 heavy (non-hydrogen) atoms. The molecule has 0 bridgehead atoms. The number of aliphatic carboxylic acids is 2. The minimum atomic E-state index is -1.56. The van der Waals surface area contributed by atoms with Gasteiger partial charge in [0.2, 0.25) is 0 Å². The van der Waals surface area contributed by atoms with Crippen LogP contribution in [0.4, 0.5) is 5.69 Å². The number of amides is 1. The van der Waals surface area contributed by atoms with Gasteiger partial charge >= 0.3 is 11.9 Å². The molecule has 0 aromatic heterocycles. The van der Waals surface area contributed by atoms with Crippen LogP contribution in [0.25, 0.3) is 0 Å². The zero-order valence-electron chi connectivity index (χ0n) is 10.2. The zero-order valence-corrected chi connectivity index (χ0v) is 10.2. The van der Waals surface area contributed by atoms with E-state index >= 15 is 0 Å². The SMILES string of the molecule is CN(CC(=O)O)C(C(=O)O)C(=O)Nc1ccccc1. The predicted octanol–water partition coefficient (Wildman–Crippen LogP) is 0.0947. The number of hydrogen-bond donors (Lipinski definition) is 3. The maximum absolute atomic E-state index is 11.9. The smallest absolute Gasteiger partial charge is 0.330 e. The van der Waals surface area contributed by atoms with Gasteiger partial charge in [-0.1, -0.05) is 18.2 Å². The van der Waals surface area contributed by atoms with Gasteiger partial charge in [-0.3, -0.25) is 14.5 Å². The molecular formula is C12H14N2O5. The third-order valence-corrected chi connectivity index (χ3v) is 2.35. The molecule has 0 fully saturated rings. The quantitative estimate of drug-likeness (QED) is 0.630. The van der Waals surface area contributed by atoms with E-state index in [1.165, 1.54) is 7.05 Å². The number of carbonyl (C=O) groups excluding carboxylic acids is 1. The van der Waals surface area contributed by atoms with E-state index < -0.39 is 30.4 Å². The number of rotatable bonds is 6. The normalized spacial score (nSPS) is 11.9. The van der Waals surface area contributed by atoms with Gasteiger partial charge in [0.1, 0.15) is 0 Å². The first kappa shape index (κ1) is 14.7. The third kappa shape index (κ3) is 4.40. The Bertz CT molecular complexity index is 474. The van der Waals surface area contributed by atoms with Gasteiger partial charge in [-0.2, -0.15) is 0 Å². The van der Waals surface area contributed by atoms with E-state index in [2.05, 4.69) is 5.32 Å². The first-order valence-corrected chi connectivity index (χ1v) is 5.42. The first-order chi connectivity index (χ1) is 8.91. The van der Waals surface area contributed by atoms with Crippen molar-refractivity contribution in [2.75, 3.05) is 18.9 Å². The van der Waals surface area contributed by atoms with Crippen LogP contribution in [0, 0.1) is 0 Å². The van der Waals surface area contributed by atoms with Gasteiger partial charge in [0.05, 0.1) is 6.54 Å². The molecule has 0 saturated heterocycles. The molecule has 1 amide bonds. The zero-order chi connectivity index (χ0) is 14.4. The van der Waals surface area contributed by atoms with Crippen LogP contribution in [0.3, 0.4) is 0 Å². The number of anilines is 1. The standard InChI is InChI=1S/C12H14N2O5/c1-14(7-9(15)16)10(12(18)19)11(17)13-8-5-3-2-4-6-8/h2-6,10H,7H2,1H3,(H,13,17)(H,15,16)(H,18,19). The summed E-state index contributed by atoms with van der Waals surface area (Å²) < 4.78 is 0. The number of hydrogen-bond acceptors (Lipinski definition) is 4. The molecule has 3 N–H and O–H groups in total. The average Bonchev–Trinajstić information content (AvgIpc) is 2.28. The van der Waals surface area contributed by atoms with Crippen molar-refractivity contribution in [2.45, 2.75) is 6.04 Å². The lowest BCUT2D eigenvalue weighted by atomic mass is 10.2. The second kappa shape index (κ2) is 6.50. The molecule has 1 aromatic carbocycles. The van der Waals surface area contributed by atoms with Gasteiger partial charge in [0.25, 0.3) is 5.91 Å². The molecule has 1 unspecified atom stereocenters. The topological polar surface area (TPSA) is 107 Å². The van der Waals surface area contributed by atoms with Crippen molar-refractivity contribution in [3.8, 4) is 0 Å². The van der Waals surface area contributed by atoms with Crippen LogP contribution in [0.2, 0.25) is 0 Å². The summed E-state index contributed by atoms with van der Waals surface area (Å²) in [5.74, 6) is -3.40. The van der Waals surface area contributed by atoms with Gasteiger partial charge in [-0.05, 0) is 19.2 Å². The number of carboxylic acid groups (broad SMARTS) is 2. The number of likely N-dealkylation sites (N-methyl/N-ethyl adjacent to an activating group) is 1. The van der Waals surface area contributed by atoms with Crippen LogP contribution in [0.1, 0.15) is 0 Å². The summed E-state index contributed by atoms with van der Waals surface area (Å²) in [5, 5.41) is 20.1. The van der Waals surface area contributed by atoms with E-state index in [1.807, 2.05) is 0 Å². The number of carbonyl (C=O) groups is 3. The molecule has 1 aromatic rings. The summed E-state index contributed by atoms with van der Waals surface area (Å²) in [6.45, 7) is -0.542. The maximum atomic E-state index is 11.9. The fourth-order valence-corrected chi connectivity index (χ4v) is 1.54. The Morgan fingerprint density at radius 2 is 1.79 bits per heavy atom. The highest BCUT2D eigenvalue weighted by Crippen LogP contribution is 2.07. The Morgan fingerprint density at radius 3 is 2.26 bits per heavy atom. The minimum Gasteiger partial charge on any atom is -0.480 e. The summed E-state index contributed by atoms with van der Waals surface area (Å²) in [6, 6.07) is 6.78. The van der Waals surface area contributed by atoms with Crippen molar-refractivity contribution in [1.82, 2.24) is 4.90 Å². The van der Waals surface area contributed by atoms with Crippen molar-refractivity contribution in [3.05, 3.63) is 30.3 Å². The van der Waals surface area contributed by atoms with E-state index in [0.29, 0.717) is 5.69 Å². The molecule has 0 radical (unpaired) electrons. The molecular weight excluding hydrogens is 252 g/mol. The van der Waals surface area contributed by atoms with E-state index in [9.17, 15) is 14.4 Å². The number of carboxylic acids is 2. The summed E-state index contributed by atoms with van der Waals surface area (Å²) >= 11 is 0. The molecule has 0 aliphatic heterocycles. The van der Waals surface area contributed by atoms with Crippen molar-refractivity contribution in [3.63, 3.8) is 0 Å². The van der Waals surface area contributed by atoms with E-state index in [1.54, 1.807) is 30.3 Å². The fourth-order valence-electron chi connectivity index (χ4n) is 1.54. The minimum absolute atomic E-state index is 0.447. The lowest BCUT2D eigenvalue weighted by Crippen LogP contribution is -2.49. The van der Waals surface area contributed by atoms with Gasteiger partial charge < -0.3 is 15.5 Å². The monoisotopic (exact) mass is 266 g/mol.